The molecule has 8 heteroatoms. The van der Waals surface area contributed by atoms with Crippen molar-refractivity contribution in [3.63, 3.8) is 0 Å². The number of methoxy groups -OCH3 is 1. The molecule has 2 aromatic carbocycles. The highest BCUT2D eigenvalue weighted by atomic mass is 32.2. The van der Waals surface area contributed by atoms with Crippen LogP contribution in [0.3, 0.4) is 0 Å². The Bertz CT molecular complexity index is 1000. The van der Waals surface area contributed by atoms with Crippen molar-refractivity contribution in [3.8, 4) is 17.1 Å². The van der Waals surface area contributed by atoms with Crippen molar-refractivity contribution in [3.05, 3.63) is 72.2 Å². The van der Waals surface area contributed by atoms with E-state index in [1.165, 1.54) is 13.2 Å². The average Bonchev–Trinajstić information content (AvgIpc) is 3.21. The van der Waals surface area contributed by atoms with Gasteiger partial charge in [-0.2, -0.15) is 0 Å². The van der Waals surface area contributed by atoms with Gasteiger partial charge in [-0.1, -0.05) is 24.3 Å². The number of ether oxygens (including phenoxy) is 1. The van der Waals surface area contributed by atoms with Crippen LogP contribution in [0.2, 0.25) is 0 Å². The third-order valence-corrected chi connectivity index (χ3v) is 5.43. The van der Waals surface area contributed by atoms with E-state index in [-0.39, 0.29) is 17.2 Å². The molecule has 0 unspecified atom stereocenters. The second-order valence-electron chi connectivity index (χ2n) is 5.76. The molecule has 0 fully saturated rings. The fourth-order valence-electron chi connectivity index (χ4n) is 2.56. The summed E-state index contributed by atoms with van der Waals surface area (Å²) in [6, 6.07) is 13.7. The summed E-state index contributed by atoms with van der Waals surface area (Å²) < 4.78 is 50.8. The third-order valence-electron chi connectivity index (χ3n) is 3.98. The van der Waals surface area contributed by atoms with Gasteiger partial charge in [0.05, 0.1) is 19.5 Å². The van der Waals surface area contributed by atoms with E-state index in [0.717, 1.165) is 17.7 Å². The summed E-state index contributed by atoms with van der Waals surface area (Å²) >= 11 is 0. The SMILES string of the molecule is COc1ccc(F)cc1S(=O)(=O)NC[C@H](O)c1ccc(-c2ccco2)cc1. The van der Waals surface area contributed by atoms with Gasteiger partial charge in [0.25, 0.3) is 0 Å². The number of furan rings is 1. The number of aliphatic hydroxyl groups is 1. The maximum atomic E-state index is 13.4. The Hall–Kier alpha value is -2.68. The van der Waals surface area contributed by atoms with E-state index < -0.39 is 21.9 Å². The van der Waals surface area contributed by atoms with Crippen LogP contribution in [0.1, 0.15) is 11.7 Å². The molecule has 1 heterocycles. The molecule has 0 aliphatic heterocycles. The Morgan fingerprint density at radius 1 is 1.19 bits per heavy atom. The average molecular weight is 391 g/mol. The highest BCUT2D eigenvalue weighted by molar-refractivity contribution is 7.89. The number of hydrogen-bond acceptors (Lipinski definition) is 5. The fraction of sp³-hybridized carbons (Fsp3) is 0.158. The monoisotopic (exact) mass is 391 g/mol. The number of nitrogens with one attached hydrogen (secondary N) is 1. The first kappa shape index (κ1) is 19.1. The van der Waals surface area contributed by atoms with Gasteiger partial charge in [0.15, 0.2) is 0 Å². The second kappa shape index (κ2) is 7.91. The lowest BCUT2D eigenvalue weighted by Crippen LogP contribution is -2.29. The molecular weight excluding hydrogens is 373 g/mol. The molecule has 2 N–H and O–H groups in total. The first-order valence-corrected chi connectivity index (χ1v) is 9.54. The molecule has 0 aliphatic rings. The van der Waals surface area contributed by atoms with Crippen LogP contribution in [0.4, 0.5) is 4.39 Å². The number of aliphatic hydroxyl groups excluding tert-OH is 1. The Balaban J connectivity index is 1.71. The van der Waals surface area contributed by atoms with Crippen molar-refractivity contribution in [2.75, 3.05) is 13.7 Å². The molecule has 3 aromatic rings. The lowest BCUT2D eigenvalue weighted by atomic mass is 10.1. The summed E-state index contributed by atoms with van der Waals surface area (Å²) in [5.41, 5.74) is 1.36. The standard InChI is InChI=1S/C19H18FNO5S/c1-25-18-9-8-15(20)11-19(18)27(23,24)21-12-16(22)13-4-6-14(7-5-13)17-3-2-10-26-17/h2-11,16,21-22H,12H2,1H3/t16-/m0/s1. The summed E-state index contributed by atoms with van der Waals surface area (Å²) in [6.45, 7) is -0.276. The first-order chi connectivity index (χ1) is 12.9. The van der Waals surface area contributed by atoms with Gasteiger partial charge in [0.1, 0.15) is 22.2 Å². The highest BCUT2D eigenvalue weighted by Gasteiger charge is 2.22. The van der Waals surface area contributed by atoms with Gasteiger partial charge in [0, 0.05) is 12.1 Å². The molecule has 0 radical (unpaired) electrons. The van der Waals surface area contributed by atoms with Crippen LogP contribution in [-0.4, -0.2) is 27.2 Å². The van der Waals surface area contributed by atoms with Crippen LogP contribution in [0, 0.1) is 5.82 Å². The van der Waals surface area contributed by atoms with E-state index >= 15 is 0 Å². The molecule has 3 rings (SSSR count). The van der Waals surface area contributed by atoms with Crippen molar-refractivity contribution in [1.82, 2.24) is 4.72 Å². The zero-order valence-electron chi connectivity index (χ0n) is 14.4. The smallest absolute Gasteiger partial charge is 0.244 e. The molecule has 1 atom stereocenters. The zero-order chi connectivity index (χ0) is 19.4. The molecule has 0 amide bonds. The summed E-state index contributed by atoms with van der Waals surface area (Å²) in [4.78, 5) is -0.328. The van der Waals surface area contributed by atoms with Crippen LogP contribution in [0.25, 0.3) is 11.3 Å². The van der Waals surface area contributed by atoms with Crippen molar-refractivity contribution in [2.24, 2.45) is 0 Å². The molecule has 1 aromatic heterocycles. The molecule has 142 valence electrons. The number of hydrogen-bond donors (Lipinski definition) is 2. The molecule has 6 nitrogen and oxygen atoms in total. The molecule has 0 saturated carbocycles. The fourth-order valence-corrected chi connectivity index (χ4v) is 3.77. The van der Waals surface area contributed by atoms with Crippen molar-refractivity contribution < 1.29 is 27.1 Å². The predicted octanol–water partition coefficient (Wildman–Crippen LogP) is 3.11. The van der Waals surface area contributed by atoms with Gasteiger partial charge >= 0.3 is 0 Å². The van der Waals surface area contributed by atoms with E-state index in [9.17, 15) is 17.9 Å². The van der Waals surface area contributed by atoms with E-state index in [1.807, 2.05) is 6.07 Å². The Labute approximate surface area is 156 Å². The number of rotatable bonds is 7. The molecule has 0 bridgehead atoms. The lowest BCUT2D eigenvalue weighted by Gasteiger charge is -2.14. The van der Waals surface area contributed by atoms with Crippen LogP contribution >= 0.6 is 0 Å². The van der Waals surface area contributed by atoms with Crippen LogP contribution in [0.15, 0.2) is 70.2 Å². The molecule has 0 aliphatic carbocycles. The summed E-state index contributed by atoms with van der Waals surface area (Å²) in [7, 11) is -2.77. The summed E-state index contributed by atoms with van der Waals surface area (Å²) in [6.07, 6.45) is 0.484. The number of sulfonamides is 1. The van der Waals surface area contributed by atoms with Gasteiger partial charge in [-0.25, -0.2) is 17.5 Å². The van der Waals surface area contributed by atoms with E-state index in [0.29, 0.717) is 11.3 Å². The quantitative estimate of drug-likeness (QED) is 0.646. The topological polar surface area (TPSA) is 88.8 Å². The van der Waals surface area contributed by atoms with E-state index in [4.69, 9.17) is 9.15 Å². The highest BCUT2D eigenvalue weighted by Crippen LogP contribution is 2.25. The lowest BCUT2D eigenvalue weighted by molar-refractivity contribution is 0.182. The van der Waals surface area contributed by atoms with Crippen LogP contribution in [0.5, 0.6) is 5.75 Å². The van der Waals surface area contributed by atoms with Crippen LogP contribution in [-0.2, 0) is 10.0 Å². The summed E-state index contributed by atoms with van der Waals surface area (Å²) in [5, 5.41) is 10.3. The van der Waals surface area contributed by atoms with Gasteiger partial charge < -0.3 is 14.3 Å². The van der Waals surface area contributed by atoms with Crippen molar-refractivity contribution in [1.29, 1.82) is 0 Å². The van der Waals surface area contributed by atoms with E-state index in [1.54, 1.807) is 36.6 Å². The van der Waals surface area contributed by atoms with Crippen LogP contribution < -0.4 is 9.46 Å². The first-order valence-electron chi connectivity index (χ1n) is 8.06. The van der Waals surface area contributed by atoms with Gasteiger partial charge in [-0.05, 0) is 35.9 Å². The Morgan fingerprint density at radius 2 is 1.93 bits per heavy atom. The third kappa shape index (κ3) is 4.36. The molecule has 0 spiro atoms. The largest absolute Gasteiger partial charge is 0.495 e. The molecule has 0 saturated heterocycles. The molecule has 27 heavy (non-hydrogen) atoms. The predicted molar refractivity (Wildman–Crippen MR) is 97.2 cm³/mol. The maximum Gasteiger partial charge on any atom is 0.244 e. The van der Waals surface area contributed by atoms with Gasteiger partial charge in [-0.3, -0.25) is 0 Å². The van der Waals surface area contributed by atoms with Crippen molar-refractivity contribution in [2.45, 2.75) is 11.0 Å². The molecular formula is C19H18FNO5S. The minimum atomic E-state index is -4.06. The minimum Gasteiger partial charge on any atom is -0.495 e. The maximum absolute atomic E-state index is 13.4. The van der Waals surface area contributed by atoms with Gasteiger partial charge in [-0.15, -0.1) is 0 Å². The van der Waals surface area contributed by atoms with Crippen molar-refractivity contribution >= 4 is 10.0 Å². The normalized spacial score (nSPS) is 12.7. The zero-order valence-corrected chi connectivity index (χ0v) is 15.2. The number of benzene rings is 2. The minimum absolute atomic E-state index is 0.0150. The van der Waals surface area contributed by atoms with Gasteiger partial charge in [0.2, 0.25) is 10.0 Å². The Morgan fingerprint density at radius 3 is 2.56 bits per heavy atom. The second-order valence-corrected chi connectivity index (χ2v) is 7.50. The summed E-state index contributed by atoms with van der Waals surface area (Å²) in [5.74, 6) is 0.00127. The van der Waals surface area contributed by atoms with E-state index in [2.05, 4.69) is 4.72 Å². The Kier molecular flexibility index (Phi) is 5.59. The number of halogens is 1.